The summed E-state index contributed by atoms with van der Waals surface area (Å²) in [5, 5.41) is 2.53. The van der Waals surface area contributed by atoms with E-state index >= 15 is 0 Å². The SMILES string of the molecule is CCCCCCCCCCCCC(CC)C(C)(C)[NH2+]CC.O=S(=O)([O-])[O-]. The Bertz CT molecular complexity index is 389. The molecule has 0 rings (SSSR count). The lowest BCUT2D eigenvalue weighted by Gasteiger charge is -2.31. The van der Waals surface area contributed by atoms with Gasteiger partial charge in [-0.3, -0.25) is 8.42 Å². The maximum absolute atomic E-state index is 8.52. The van der Waals surface area contributed by atoms with Gasteiger partial charge in [0, 0.05) is 16.3 Å². The summed E-state index contributed by atoms with van der Waals surface area (Å²) in [6.45, 7) is 13.0. The Kier molecular flexibility index (Phi) is 18.3. The molecule has 0 aliphatic carbocycles. The number of unbranched alkanes of at least 4 members (excludes halogenated alkanes) is 9. The number of hydrogen-bond donors (Lipinski definition) is 1. The van der Waals surface area contributed by atoms with Crippen LogP contribution >= 0.6 is 0 Å². The predicted molar refractivity (Wildman–Crippen MR) is 107 cm³/mol. The fraction of sp³-hybridized carbons (Fsp3) is 1.00. The van der Waals surface area contributed by atoms with Gasteiger partial charge in [0.05, 0.1) is 12.1 Å². The number of rotatable bonds is 15. The van der Waals surface area contributed by atoms with Crippen molar-refractivity contribution in [3.05, 3.63) is 0 Å². The van der Waals surface area contributed by atoms with Crippen molar-refractivity contribution in [3.8, 4) is 0 Å². The molecule has 5 nitrogen and oxygen atoms in total. The van der Waals surface area contributed by atoms with Crippen molar-refractivity contribution in [2.75, 3.05) is 6.54 Å². The van der Waals surface area contributed by atoms with E-state index in [4.69, 9.17) is 17.5 Å². The highest BCUT2D eigenvalue weighted by molar-refractivity contribution is 7.79. The molecule has 1 unspecified atom stereocenters. The van der Waals surface area contributed by atoms with E-state index in [9.17, 15) is 0 Å². The summed E-state index contributed by atoms with van der Waals surface area (Å²) in [5.41, 5.74) is 0.433. The molecule has 6 heteroatoms. The molecular formula is C20H44NO4S-. The van der Waals surface area contributed by atoms with Gasteiger partial charge in [-0.25, -0.2) is 0 Å². The second-order valence-corrected chi connectivity index (χ2v) is 8.73. The van der Waals surface area contributed by atoms with Crippen molar-refractivity contribution < 1.29 is 22.8 Å². The third kappa shape index (κ3) is 21.9. The standard InChI is InChI=1S/C20H43N.H2O4S/c1-6-9-10-11-12-13-14-15-16-17-18-19(7-2)20(4,5)21-8-3;1-5(2,3)4/h19,21H,6-18H2,1-5H3;(H2,1,2,3,4)/p-1. The van der Waals surface area contributed by atoms with E-state index in [1.54, 1.807) is 0 Å². The van der Waals surface area contributed by atoms with Crippen LogP contribution in [0.3, 0.4) is 0 Å². The van der Waals surface area contributed by atoms with Gasteiger partial charge >= 0.3 is 0 Å². The molecule has 0 saturated carbocycles. The van der Waals surface area contributed by atoms with E-state index in [0.717, 1.165) is 5.92 Å². The van der Waals surface area contributed by atoms with Crippen molar-refractivity contribution in [1.29, 1.82) is 0 Å². The van der Waals surface area contributed by atoms with Gasteiger partial charge in [0.15, 0.2) is 0 Å². The summed E-state index contributed by atoms with van der Waals surface area (Å²) in [7, 11) is -5.17. The lowest BCUT2D eigenvalue weighted by atomic mass is 9.81. The normalized spacial score (nSPS) is 13.2. The summed E-state index contributed by atoms with van der Waals surface area (Å²) in [6.07, 6.45) is 17.2. The summed E-state index contributed by atoms with van der Waals surface area (Å²) in [5.74, 6) is 0.881. The van der Waals surface area contributed by atoms with Gasteiger partial charge in [-0.1, -0.05) is 78.1 Å². The molecule has 0 aromatic rings. The monoisotopic (exact) mass is 394 g/mol. The first-order valence-corrected chi connectivity index (χ1v) is 11.9. The van der Waals surface area contributed by atoms with Gasteiger partial charge < -0.3 is 14.4 Å². The molecule has 1 atom stereocenters. The van der Waals surface area contributed by atoms with Crippen LogP contribution in [0.4, 0.5) is 0 Å². The summed E-state index contributed by atoms with van der Waals surface area (Å²) in [4.78, 5) is 0. The van der Waals surface area contributed by atoms with Crippen molar-refractivity contribution in [2.45, 2.75) is 117 Å². The zero-order valence-corrected chi connectivity index (χ0v) is 18.7. The highest BCUT2D eigenvalue weighted by Gasteiger charge is 2.30. The molecule has 0 amide bonds. The second-order valence-electron chi connectivity index (χ2n) is 7.92. The highest BCUT2D eigenvalue weighted by Crippen LogP contribution is 2.23. The number of quaternary nitrogens is 1. The Balaban J connectivity index is 0. The number of hydrogen-bond acceptors (Lipinski definition) is 4. The molecular weight excluding hydrogens is 350 g/mol. The zero-order valence-electron chi connectivity index (χ0n) is 17.9. The quantitative estimate of drug-likeness (QED) is 0.254. The largest absolute Gasteiger partial charge is 0.759 e. The predicted octanol–water partition coefficient (Wildman–Crippen LogP) is 4.35. The van der Waals surface area contributed by atoms with Crippen LogP contribution < -0.4 is 5.32 Å². The van der Waals surface area contributed by atoms with Crippen LogP contribution in [0.15, 0.2) is 0 Å². The fourth-order valence-corrected chi connectivity index (χ4v) is 3.67. The molecule has 0 heterocycles. The average Bonchev–Trinajstić information content (AvgIpc) is 2.51. The van der Waals surface area contributed by atoms with E-state index in [2.05, 4.69) is 39.9 Å². The van der Waals surface area contributed by atoms with Crippen LogP contribution in [0.25, 0.3) is 0 Å². The molecule has 160 valence electrons. The van der Waals surface area contributed by atoms with Gasteiger partial charge in [0.1, 0.15) is 0 Å². The minimum Gasteiger partial charge on any atom is -0.759 e. The molecule has 0 bridgehead atoms. The van der Waals surface area contributed by atoms with Gasteiger partial charge in [-0.15, -0.1) is 0 Å². The molecule has 0 spiro atoms. The maximum Gasteiger partial charge on any atom is 0.0932 e. The Morgan fingerprint density at radius 2 is 1.19 bits per heavy atom. The van der Waals surface area contributed by atoms with Crippen LogP contribution in [0.5, 0.6) is 0 Å². The summed E-state index contributed by atoms with van der Waals surface area (Å²) < 4.78 is 34.1. The molecule has 0 fully saturated rings. The van der Waals surface area contributed by atoms with E-state index in [0.29, 0.717) is 5.54 Å². The lowest BCUT2D eigenvalue weighted by molar-refractivity contribution is -0.726. The van der Waals surface area contributed by atoms with Crippen molar-refractivity contribution >= 4 is 10.4 Å². The first-order valence-electron chi connectivity index (χ1n) is 10.6. The van der Waals surface area contributed by atoms with Crippen molar-refractivity contribution in [3.63, 3.8) is 0 Å². The molecule has 0 saturated heterocycles. The van der Waals surface area contributed by atoms with Crippen LogP contribution in [-0.4, -0.2) is 29.6 Å². The minimum atomic E-state index is -5.17. The molecule has 2 N–H and O–H groups in total. The summed E-state index contributed by atoms with van der Waals surface area (Å²) >= 11 is 0. The second kappa shape index (κ2) is 17.0. The zero-order chi connectivity index (χ0) is 20.5. The van der Waals surface area contributed by atoms with Gasteiger partial charge in [-0.05, 0) is 33.6 Å². The van der Waals surface area contributed by atoms with Crippen LogP contribution in [0, 0.1) is 5.92 Å². The Labute approximate surface area is 163 Å². The topological polar surface area (TPSA) is 96.9 Å². The highest BCUT2D eigenvalue weighted by atomic mass is 32.3. The molecule has 0 aliphatic rings. The van der Waals surface area contributed by atoms with E-state index in [-0.39, 0.29) is 0 Å². The smallest absolute Gasteiger partial charge is 0.0932 e. The fourth-order valence-electron chi connectivity index (χ4n) is 3.67. The maximum atomic E-state index is 8.52. The Hall–Kier alpha value is -0.170. The van der Waals surface area contributed by atoms with E-state index in [1.165, 1.54) is 83.6 Å². The third-order valence-corrected chi connectivity index (χ3v) is 5.18. The first-order chi connectivity index (χ1) is 12.1. The molecule has 26 heavy (non-hydrogen) atoms. The first kappa shape index (κ1) is 28.0. The van der Waals surface area contributed by atoms with Crippen LogP contribution in [0.1, 0.15) is 112 Å². The van der Waals surface area contributed by atoms with Crippen LogP contribution in [0.2, 0.25) is 0 Å². The average molecular weight is 395 g/mol. The molecule has 0 aromatic carbocycles. The molecule has 0 aromatic heterocycles. The van der Waals surface area contributed by atoms with Gasteiger partial charge in [-0.2, -0.15) is 0 Å². The molecule has 0 aliphatic heterocycles. The Morgan fingerprint density at radius 3 is 1.54 bits per heavy atom. The Morgan fingerprint density at radius 1 is 0.808 bits per heavy atom. The van der Waals surface area contributed by atoms with Gasteiger partial charge in [0.25, 0.3) is 0 Å². The third-order valence-electron chi connectivity index (χ3n) is 5.18. The number of nitrogens with two attached hydrogens (primary N) is 1. The van der Waals surface area contributed by atoms with E-state index < -0.39 is 10.4 Å². The minimum absolute atomic E-state index is 0.433. The molecule has 0 radical (unpaired) electrons. The lowest BCUT2D eigenvalue weighted by Crippen LogP contribution is -2.96. The van der Waals surface area contributed by atoms with Crippen molar-refractivity contribution in [2.24, 2.45) is 5.92 Å². The van der Waals surface area contributed by atoms with Gasteiger partial charge in [0.2, 0.25) is 0 Å². The van der Waals surface area contributed by atoms with E-state index in [1.807, 2.05) is 0 Å². The van der Waals surface area contributed by atoms with Crippen molar-refractivity contribution in [1.82, 2.24) is 0 Å². The summed E-state index contributed by atoms with van der Waals surface area (Å²) in [6, 6.07) is 0. The van der Waals surface area contributed by atoms with Crippen LogP contribution in [-0.2, 0) is 10.4 Å².